The van der Waals surface area contributed by atoms with Gasteiger partial charge in [0, 0.05) is 53.5 Å². The normalized spacial score (nSPS) is 13.2. The molecular formula is C29H28N6O2. The van der Waals surface area contributed by atoms with Crippen molar-refractivity contribution in [1.82, 2.24) is 19.9 Å². The summed E-state index contributed by atoms with van der Waals surface area (Å²) in [6.45, 7) is 3.48. The van der Waals surface area contributed by atoms with Gasteiger partial charge in [0.1, 0.15) is 12.1 Å². The van der Waals surface area contributed by atoms with E-state index in [2.05, 4.69) is 25.6 Å². The van der Waals surface area contributed by atoms with Crippen LogP contribution in [0.25, 0.3) is 11.3 Å². The molecule has 0 spiro atoms. The first kappa shape index (κ1) is 24.1. The Hall–Kier alpha value is -4.59. The first-order valence-electron chi connectivity index (χ1n) is 12.4. The second-order valence-electron chi connectivity index (χ2n) is 9.04. The Bertz CT molecular complexity index is 1420. The van der Waals surface area contributed by atoms with Crippen LogP contribution in [0, 0.1) is 6.92 Å². The van der Waals surface area contributed by atoms with E-state index in [0.29, 0.717) is 28.3 Å². The van der Waals surface area contributed by atoms with Crippen molar-refractivity contribution in [3.8, 4) is 11.3 Å². The van der Waals surface area contributed by atoms with Crippen molar-refractivity contribution >= 4 is 29.0 Å². The Kier molecular flexibility index (Phi) is 7.16. The lowest BCUT2D eigenvalue weighted by Crippen LogP contribution is -2.35. The second kappa shape index (κ2) is 11.0. The van der Waals surface area contributed by atoms with Gasteiger partial charge < -0.3 is 15.5 Å². The zero-order chi connectivity index (χ0) is 25.6. The molecule has 0 atom stereocenters. The Morgan fingerprint density at radius 3 is 2.54 bits per heavy atom. The van der Waals surface area contributed by atoms with Crippen molar-refractivity contribution < 1.29 is 9.59 Å². The number of benzene rings is 2. The van der Waals surface area contributed by atoms with E-state index in [1.165, 1.54) is 6.33 Å². The van der Waals surface area contributed by atoms with E-state index < -0.39 is 0 Å². The molecule has 2 N–H and O–H groups in total. The van der Waals surface area contributed by atoms with Crippen molar-refractivity contribution in [3.05, 3.63) is 96.1 Å². The largest absolute Gasteiger partial charge is 0.340 e. The Balaban J connectivity index is 1.33. The zero-order valence-corrected chi connectivity index (χ0v) is 20.6. The molecule has 0 aliphatic carbocycles. The molecule has 0 saturated carbocycles. The highest BCUT2D eigenvalue weighted by Crippen LogP contribution is 2.27. The molecule has 3 heterocycles. The molecule has 2 aromatic heterocycles. The molecule has 1 aliphatic rings. The number of rotatable bonds is 6. The number of hydrogen-bond acceptors (Lipinski definition) is 6. The molecule has 8 heteroatoms. The third-order valence-corrected chi connectivity index (χ3v) is 6.43. The summed E-state index contributed by atoms with van der Waals surface area (Å²) in [6.07, 6.45) is 8.10. The maximum absolute atomic E-state index is 13.2. The third-order valence-electron chi connectivity index (χ3n) is 6.43. The van der Waals surface area contributed by atoms with E-state index in [-0.39, 0.29) is 11.8 Å². The number of nitrogens with zero attached hydrogens (tertiary/aromatic N) is 4. The molecule has 8 nitrogen and oxygen atoms in total. The number of nitrogens with one attached hydrogen (secondary N) is 2. The first-order chi connectivity index (χ1) is 18.1. The minimum absolute atomic E-state index is 0.0104. The summed E-state index contributed by atoms with van der Waals surface area (Å²) >= 11 is 0. The topological polar surface area (TPSA) is 100 Å². The summed E-state index contributed by atoms with van der Waals surface area (Å²) in [4.78, 5) is 40.8. The number of likely N-dealkylation sites (tertiary alicyclic amines) is 1. The lowest BCUT2D eigenvalue weighted by Gasteiger charge is -2.27. The number of amides is 2. The summed E-state index contributed by atoms with van der Waals surface area (Å²) in [5.41, 5.74) is 4.87. The third kappa shape index (κ3) is 5.64. The molecule has 2 aromatic carbocycles. The van der Waals surface area contributed by atoms with Gasteiger partial charge in [0.25, 0.3) is 11.8 Å². The highest BCUT2D eigenvalue weighted by molar-refractivity contribution is 6.06. The van der Waals surface area contributed by atoms with Crippen LogP contribution >= 0.6 is 0 Å². The number of piperidine rings is 1. The van der Waals surface area contributed by atoms with Crippen LogP contribution in [-0.4, -0.2) is 44.8 Å². The molecule has 0 bridgehead atoms. The minimum atomic E-state index is -0.258. The van der Waals surface area contributed by atoms with E-state index >= 15 is 0 Å². The summed E-state index contributed by atoms with van der Waals surface area (Å²) in [5.74, 6) is 0.376. The van der Waals surface area contributed by atoms with Crippen molar-refractivity contribution in [2.75, 3.05) is 23.7 Å². The van der Waals surface area contributed by atoms with Gasteiger partial charge in [-0.1, -0.05) is 12.1 Å². The zero-order valence-electron chi connectivity index (χ0n) is 20.6. The van der Waals surface area contributed by atoms with Crippen molar-refractivity contribution in [2.24, 2.45) is 0 Å². The first-order valence-corrected chi connectivity index (χ1v) is 12.4. The lowest BCUT2D eigenvalue weighted by atomic mass is 10.1. The van der Waals surface area contributed by atoms with Crippen LogP contribution in [0.4, 0.5) is 17.2 Å². The van der Waals surface area contributed by atoms with E-state index in [1.54, 1.807) is 30.6 Å². The van der Waals surface area contributed by atoms with Gasteiger partial charge in [-0.2, -0.15) is 0 Å². The number of aryl methyl sites for hydroxylation is 1. The second-order valence-corrected chi connectivity index (χ2v) is 9.04. The summed E-state index contributed by atoms with van der Waals surface area (Å²) < 4.78 is 0. The monoisotopic (exact) mass is 492 g/mol. The van der Waals surface area contributed by atoms with Crippen LogP contribution < -0.4 is 10.6 Å². The number of anilines is 3. The number of carbonyl (C=O) groups excluding carboxylic acids is 2. The average Bonchev–Trinajstić information content (AvgIpc) is 2.95. The number of hydrogen-bond donors (Lipinski definition) is 2. The molecule has 4 aromatic rings. The van der Waals surface area contributed by atoms with Crippen LogP contribution in [0.15, 0.2) is 79.4 Å². The molecule has 1 aliphatic heterocycles. The van der Waals surface area contributed by atoms with Gasteiger partial charge in [-0.25, -0.2) is 15.0 Å². The molecular weight excluding hydrogens is 464 g/mol. The van der Waals surface area contributed by atoms with Gasteiger partial charge in [0.05, 0.1) is 5.69 Å². The van der Waals surface area contributed by atoms with Crippen LogP contribution in [-0.2, 0) is 0 Å². The van der Waals surface area contributed by atoms with Crippen LogP contribution in [0.3, 0.4) is 0 Å². The van der Waals surface area contributed by atoms with Crippen molar-refractivity contribution in [1.29, 1.82) is 0 Å². The predicted molar refractivity (Wildman–Crippen MR) is 144 cm³/mol. The Morgan fingerprint density at radius 1 is 0.865 bits per heavy atom. The molecule has 0 unspecified atom stereocenters. The standard InChI is InChI=1S/C29H28N6O2/c1-20-10-11-22(29(37)35-15-3-2-4-16-35)18-26(20)34-28(36)21-7-5-8-23(17-21)33-27-24(9-6-13-31-27)25-12-14-30-19-32-25/h5-14,17-19H,2-4,15-16H2,1H3,(H,31,33)(H,34,36). The van der Waals surface area contributed by atoms with Gasteiger partial charge in [-0.05, 0) is 80.3 Å². The SMILES string of the molecule is Cc1ccc(C(=O)N2CCCCC2)cc1NC(=O)c1cccc(Nc2ncccc2-c2ccncn2)c1. The maximum atomic E-state index is 13.2. The van der Waals surface area contributed by atoms with Gasteiger partial charge in [-0.3, -0.25) is 9.59 Å². The van der Waals surface area contributed by atoms with Crippen LogP contribution in [0.2, 0.25) is 0 Å². The highest BCUT2D eigenvalue weighted by atomic mass is 16.2. The number of pyridine rings is 1. The average molecular weight is 493 g/mol. The van der Waals surface area contributed by atoms with Gasteiger partial charge in [-0.15, -0.1) is 0 Å². The smallest absolute Gasteiger partial charge is 0.255 e. The Labute approximate surface area is 215 Å². The number of carbonyl (C=O) groups is 2. The fourth-order valence-corrected chi connectivity index (χ4v) is 4.40. The van der Waals surface area contributed by atoms with Crippen molar-refractivity contribution in [2.45, 2.75) is 26.2 Å². The van der Waals surface area contributed by atoms with E-state index in [9.17, 15) is 9.59 Å². The molecule has 5 rings (SSSR count). The van der Waals surface area contributed by atoms with Crippen molar-refractivity contribution in [3.63, 3.8) is 0 Å². The van der Waals surface area contributed by atoms with Gasteiger partial charge in [0.2, 0.25) is 0 Å². The molecule has 37 heavy (non-hydrogen) atoms. The molecule has 1 fully saturated rings. The lowest BCUT2D eigenvalue weighted by molar-refractivity contribution is 0.0724. The fraction of sp³-hybridized carbons (Fsp3) is 0.207. The number of aromatic nitrogens is 3. The highest BCUT2D eigenvalue weighted by Gasteiger charge is 2.19. The summed E-state index contributed by atoms with van der Waals surface area (Å²) in [6, 6.07) is 18.3. The molecule has 2 amide bonds. The quantitative estimate of drug-likeness (QED) is 0.370. The van der Waals surface area contributed by atoms with Gasteiger partial charge in [0.15, 0.2) is 0 Å². The fourth-order valence-electron chi connectivity index (χ4n) is 4.40. The van der Waals surface area contributed by atoms with Crippen LogP contribution in [0.1, 0.15) is 45.5 Å². The molecule has 0 radical (unpaired) electrons. The van der Waals surface area contributed by atoms with E-state index in [1.807, 2.05) is 54.3 Å². The Morgan fingerprint density at radius 2 is 1.73 bits per heavy atom. The molecule has 1 saturated heterocycles. The predicted octanol–water partition coefficient (Wildman–Crippen LogP) is 5.47. The maximum Gasteiger partial charge on any atom is 0.255 e. The molecule has 186 valence electrons. The minimum Gasteiger partial charge on any atom is -0.340 e. The van der Waals surface area contributed by atoms with E-state index in [0.717, 1.165) is 49.2 Å². The van der Waals surface area contributed by atoms with Gasteiger partial charge >= 0.3 is 0 Å². The summed E-state index contributed by atoms with van der Waals surface area (Å²) in [7, 11) is 0. The van der Waals surface area contributed by atoms with E-state index in [4.69, 9.17) is 0 Å². The van der Waals surface area contributed by atoms with Crippen LogP contribution in [0.5, 0.6) is 0 Å². The summed E-state index contributed by atoms with van der Waals surface area (Å²) in [5, 5.41) is 6.28.